The van der Waals surface area contributed by atoms with Gasteiger partial charge in [0.15, 0.2) is 0 Å². The standard InChI is InChI=1S/C11H9ClFNO2/c12-8-6-14(5-4-10(15)16)11-7(8)2-1-3-9(11)13/h1-3,6H,4-5H2,(H,15,16). The molecule has 84 valence electrons. The van der Waals surface area contributed by atoms with Crippen molar-refractivity contribution in [3.05, 3.63) is 35.2 Å². The van der Waals surface area contributed by atoms with Gasteiger partial charge in [0.05, 0.1) is 17.0 Å². The average molecular weight is 242 g/mol. The number of hydrogen-bond acceptors (Lipinski definition) is 1. The summed E-state index contributed by atoms with van der Waals surface area (Å²) >= 11 is 5.93. The number of hydrogen-bond donors (Lipinski definition) is 1. The Kier molecular flexibility index (Phi) is 2.83. The van der Waals surface area contributed by atoms with E-state index >= 15 is 0 Å². The van der Waals surface area contributed by atoms with Crippen molar-refractivity contribution < 1.29 is 14.3 Å². The molecule has 0 bridgehead atoms. The number of para-hydroxylation sites is 1. The van der Waals surface area contributed by atoms with E-state index in [2.05, 4.69) is 0 Å². The van der Waals surface area contributed by atoms with Crippen LogP contribution in [0.25, 0.3) is 10.9 Å². The van der Waals surface area contributed by atoms with Crippen LogP contribution in [-0.4, -0.2) is 15.6 Å². The molecule has 1 aromatic carbocycles. The van der Waals surface area contributed by atoms with E-state index in [1.807, 2.05) is 0 Å². The number of carboxylic acid groups (broad SMARTS) is 1. The number of halogens is 2. The molecule has 0 radical (unpaired) electrons. The molecule has 0 aliphatic rings. The predicted octanol–water partition coefficient (Wildman–Crippen LogP) is 2.91. The molecule has 2 aromatic rings. The first-order chi connectivity index (χ1) is 7.59. The van der Waals surface area contributed by atoms with Crippen LogP contribution < -0.4 is 0 Å². The molecule has 0 aliphatic carbocycles. The van der Waals surface area contributed by atoms with Gasteiger partial charge >= 0.3 is 5.97 Å². The highest BCUT2D eigenvalue weighted by Crippen LogP contribution is 2.27. The van der Waals surface area contributed by atoms with Crippen LogP contribution in [0, 0.1) is 5.82 Å². The lowest BCUT2D eigenvalue weighted by molar-refractivity contribution is -0.137. The van der Waals surface area contributed by atoms with Gasteiger partial charge in [-0.25, -0.2) is 4.39 Å². The van der Waals surface area contributed by atoms with E-state index in [1.165, 1.54) is 10.6 Å². The third kappa shape index (κ3) is 1.88. The number of aliphatic carboxylic acids is 1. The van der Waals surface area contributed by atoms with E-state index in [-0.39, 0.29) is 13.0 Å². The molecular formula is C11H9ClFNO2. The van der Waals surface area contributed by atoms with Crippen molar-refractivity contribution in [2.24, 2.45) is 0 Å². The fourth-order valence-corrected chi connectivity index (χ4v) is 1.93. The zero-order valence-corrected chi connectivity index (χ0v) is 9.04. The molecule has 1 aromatic heterocycles. The van der Waals surface area contributed by atoms with Gasteiger partial charge in [-0.15, -0.1) is 0 Å². The number of fused-ring (bicyclic) bond motifs is 1. The molecule has 2 rings (SSSR count). The van der Waals surface area contributed by atoms with E-state index in [9.17, 15) is 9.18 Å². The molecule has 1 N–H and O–H groups in total. The summed E-state index contributed by atoms with van der Waals surface area (Å²) in [5.41, 5.74) is 0.355. The number of rotatable bonds is 3. The van der Waals surface area contributed by atoms with Gasteiger partial charge in [-0.1, -0.05) is 23.7 Å². The van der Waals surface area contributed by atoms with Gasteiger partial charge < -0.3 is 9.67 Å². The quantitative estimate of drug-likeness (QED) is 0.898. The second kappa shape index (κ2) is 4.14. The van der Waals surface area contributed by atoms with Crippen LogP contribution in [0.4, 0.5) is 4.39 Å². The molecule has 0 fully saturated rings. The molecule has 0 spiro atoms. The minimum Gasteiger partial charge on any atom is -0.481 e. The van der Waals surface area contributed by atoms with Gasteiger partial charge in [0.1, 0.15) is 5.82 Å². The highest BCUT2D eigenvalue weighted by Gasteiger charge is 2.11. The summed E-state index contributed by atoms with van der Waals surface area (Å²) in [4.78, 5) is 10.5. The molecule has 0 saturated carbocycles. The minimum atomic E-state index is -0.922. The fraction of sp³-hybridized carbons (Fsp3) is 0.182. The Morgan fingerprint density at radius 3 is 2.94 bits per heavy atom. The average Bonchev–Trinajstić information content (AvgIpc) is 2.55. The molecule has 5 heteroatoms. The summed E-state index contributed by atoms with van der Waals surface area (Å²) in [5, 5.41) is 9.62. The van der Waals surface area contributed by atoms with Crippen LogP contribution in [0.2, 0.25) is 5.02 Å². The molecular weight excluding hydrogens is 233 g/mol. The molecule has 0 unspecified atom stereocenters. The summed E-state index contributed by atoms with van der Waals surface area (Å²) in [6.45, 7) is 0.208. The number of aromatic nitrogens is 1. The topological polar surface area (TPSA) is 42.2 Å². The van der Waals surface area contributed by atoms with Gasteiger partial charge in [-0.2, -0.15) is 0 Å². The molecule has 3 nitrogen and oxygen atoms in total. The molecule has 0 saturated heterocycles. The first-order valence-corrected chi connectivity index (χ1v) is 5.12. The highest BCUT2D eigenvalue weighted by molar-refractivity contribution is 6.35. The third-order valence-electron chi connectivity index (χ3n) is 2.37. The third-order valence-corrected chi connectivity index (χ3v) is 2.67. The summed E-state index contributed by atoms with van der Waals surface area (Å²) in [6, 6.07) is 4.61. The van der Waals surface area contributed by atoms with Crippen molar-refractivity contribution in [3.8, 4) is 0 Å². The molecule has 0 atom stereocenters. The smallest absolute Gasteiger partial charge is 0.305 e. The maximum Gasteiger partial charge on any atom is 0.305 e. The molecule has 16 heavy (non-hydrogen) atoms. The Balaban J connectivity index is 2.49. The fourth-order valence-electron chi connectivity index (χ4n) is 1.66. The Morgan fingerprint density at radius 2 is 2.25 bits per heavy atom. The second-order valence-corrected chi connectivity index (χ2v) is 3.86. The lowest BCUT2D eigenvalue weighted by Gasteiger charge is -2.03. The van der Waals surface area contributed by atoms with Gasteiger partial charge in [0.25, 0.3) is 0 Å². The number of benzene rings is 1. The Bertz CT molecular complexity index is 550. The first kappa shape index (κ1) is 11.0. The maximum atomic E-state index is 13.6. The Hall–Kier alpha value is -1.55. The van der Waals surface area contributed by atoms with Crippen LogP contribution in [0.1, 0.15) is 6.42 Å². The van der Waals surface area contributed by atoms with E-state index in [4.69, 9.17) is 16.7 Å². The van der Waals surface area contributed by atoms with Crippen LogP contribution in [0.3, 0.4) is 0 Å². The highest BCUT2D eigenvalue weighted by atomic mass is 35.5. The van der Waals surface area contributed by atoms with Crippen LogP contribution >= 0.6 is 11.6 Å². The minimum absolute atomic E-state index is 0.0611. The Labute approximate surface area is 96.1 Å². The van der Waals surface area contributed by atoms with E-state index in [1.54, 1.807) is 18.3 Å². The largest absolute Gasteiger partial charge is 0.481 e. The summed E-state index contributed by atoms with van der Waals surface area (Å²) < 4.78 is 15.1. The van der Waals surface area contributed by atoms with Gasteiger partial charge in [-0.05, 0) is 6.07 Å². The lowest BCUT2D eigenvalue weighted by Crippen LogP contribution is -2.04. The molecule has 0 amide bonds. The lowest BCUT2D eigenvalue weighted by atomic mass is 10.2. The predicted molar refractivity (Wildman–Crippen MR) is 59.2 cm³/mol. The van der Waals surface area contributed by atoms with E-state index in [0.29, 0.717) is 15.9 Å². The number of carbonyl (C=O) groups is 1. The zero-order chi connectivity index (χ0) is 11.7. The Morgan fingerprint density at radius 1 is 1.50 bits per heavy atom. The van der Waals surface area contributed by atoms with Crippen molar-refractivity contribution in [2.75, 3.05) is 0 Å². The summed E-state index contributed by atoms with van der Waals surface area (Å²) in [7, 11) is 0. The van der Waals surface area contributed by atoms with Crippen LogP contribution in [-0.2, 0) is 11.3 Å². The summed E-state index contributed by atoms with van der Waals surface area (Å²) in [6.07, 6.45) is 1.49. The number of nitrogens with zero attached hydrogens (tertiary/aromatic N) is 1. The number of aryl methyl sites for hydroxylation is 1. The molecule has 1 heterocycles. The van der Waals surface area contributed by atoms with Crippen molar-refractivity contribution >= 4 is 28.5 Å². The van der Waals surface area contributed by atoms with E-state index in [0.717, 1.165) is 0 Å². The maximum absolute atomic E-state index is 13.6. The van der Waals surface area contributed by atoms with Crippen molar-refractivity contribution in [3.63, 3.8) is 0 Å². The van der Waals surface area contributed by atoms with Crippen molar-refractivity contribution in [1.82, 2.24) is 4.57 Å². The number of carboxylic acids is 1. The van der Waals surface area contributed by atoms with Crippen LogP contribution in [0.15, 0.2) is 24.4 Å². The van der Waals surface area contributed by atoms with Crippen LogP contribution in [0.5, 0.6) is 0 Å². The molecule has 0 aliphatic heterocycles. The first-order valence-electron chi connectivity index (χ1n) is 4.74. The normalized spacial score (nSPS) is 10.9. The van der Waals surface area contributed by atoms with Gasteiger partial charge in [0.2, 0.25) is 0 Å². The summed E-state index contributed by atoms with van der Waals surface area (Å²) in [5.74, 6) is -1.32. The van der Waals surface area contributed by atoms with Crippen molar-refractivity contribution in [1.29, 1.82) is 0 Å². The second-order valence-electron chi connectivity index (χ2n) is 3.45. The monoisotopic (exact) mass is 241 g/mol. The van der Waals surface area contributed by atoms with Gasteiger partial charge in [-0.3, -0.25) is 4.79 Å². The van der Waals surface area contributed by atoms with Gasteiger partial charge in [0, 0.05) is 18.1 Å². The zero-order valence-electron chi connectivity index (χ0n) is 8.28. The van der Waals surface area contributed by atoms with E-state index < -0.39 is 11.8 Å². The SMILES string of the molecule is O=C(O)CCn1cc(Cl)c2cccc(F)c21. The van der Waals surface area contributed by atoms with Crippen molar-refractivity contribution in [2.45, 2.75) is 13.0 Å².